The summed E-state index contributed by atoms with van der Waals surface area (Å²) in [5.74, 6) is -0.656. The molecule has 4 aromatic carbocycles. The fraction of sp³-hybridized carbons (Fsp3) is 0.171. The summed E-state index contributed by atoms with van der Waals surface area (Å²) in [6, 6.07) is 28.4. The summed E-state index contributed by atoms with van der Waals surface area (Å²) in [7, 11) is 1.60. The predicted molar refractivity (Wildman–Crippen MR) is 154 cm³/mol. The van der Waals surface area contributed by atoms with Gasteiger partial charge in [-0.3, -0.25) is 14.4 Å². The third-order valence-corrected chi connectivity index (χ3v) is 8.79. The van der Waals surface area contributed by atoms with E-state index in [1.54, 1.807) is 31.4 Å². The fourth-order valence-corrected chi connectivity index (χ4v) is 6.99. The highest BCUT2D eigenvalue weighted by molar-refractivity contribution is 6.32. The second-order valence-electron chi connectivity index (χ2n) is 10.8. The highest BCUT2D eigenvalue weighted by Gasteiger charge is 2.71. The number of para-hydroxylation sites is 1. The predicted octanol–water partition coefficient (Wildman–Crippen LogP) is 6.32. The Balaban J connectivity index is 1.53. The molecule has 3 atom stereocenters. The number of hydrogen-bond donors (Lipinski definition) is 0. The Bertz CT molecular complexity index is 1680. The van der Waals surface area contributed by atoms with Crippen LogP contribution in [-0.2, 0) is 0 Å². The number of fused-ring (bicyclic) bond motifs is 5. The Morgan fingerprint density at radius 3 is 2.08 bits per heavy atom. The lowest BCUT2D eigenvalue weighted by Gasteiger charge is -2.37. The Hall–Kier alpha value is -4.77. The first kappa shape index (κ1) is 24.3. The van der Waals surface area contributed by atoms with Gasteiger partial charge < -0.3 is 9.64 Å². The second-order valence-corrected chi connectivity index (χ2v) is 10.8. The van der Waals surface area contributed by atoms with Crippen molar-refractivity contribution in [2.75, 3.05) is 12.0 Å². The average molecular weight is 526 g/mol. The molecule has 0 aromatic heterocycles. The van der Waals surface area contributed by atoms with Gasteiger partial charge >= 0.3 is 0 Å². The molecule has 1 aliphatic carbocycles. The van der Waals surface area contributed by atoms with Crippen molar-refractivity contribution >= 4 is 29.1 Å². The Labute approximate surface area is 232 Å². The quantitative estimate of drug-likeness (QED) is 0.231. The molecule has 3 unspecified atom stereocenters. The Morgan fingerprint density at radius 2 is 1.43 bits per heavy atom. The molecular weight excluding hydrogens is 498 g/mol. The minimum atomic E-state index is -1.51. The maximum absolute atomic E-state index is 14.6. The van der Waals surface area contributed by atoms with Gasteiger partial charge in [-0.05, 0) is 36.2 Å². The van der Waals surface area contributed by atoms with Crippen LogP contribution in [0.2, 0.25) is 0 Å². The van der Waals surface area contributed by atoms with Crippen LogP contribution < -0.4 is 9.64 Å². The van der Waals surface area contributed by atoms with Gasteiger partial charge in [-0.25, -0.2) is 0 Å². The fourth-order valence-electron chi connectivity index (χ4n) is 6.99. The number of Topliss-reactive ketones (excluding diaryl/α,β-unsaturated/α-hetero) is 3. The molecule has 2 aliphatic heterocycles. The van der Waals surface area contributed by atoms with Crippen molar-refractivity contribution in [3.05, 3.63) is 137 Å². The molecule has 196 valence electrons. The first-order chi connectivity index (χ1) is 19.5. The van der Waals surface area contributed by atoms with E-state index in [4.69, 9.17) is 4.74 Å². The molecule has 0 saturated carbocycles. The highest BCUT2D eigenvalue weighted by Crippen LogP contribution is 2.61. The summed E-state index contributed by atoms with van der Waals surface area (Å²) in [6.07, 6.45) is 3.93. The standard InChI is InChI=1S/C35H27NO4/c1-21-11-13-24(14-12-21)32(37)31-30(23-15-18-25(40-2)19-16-23)35(33(38)26-8-4-5-9-27(26)34(35)39)29-20-17-22-7-3-6-10-28(22)36(29)31/h3-20,29-31H,1-2H3. The van der Waals surface area contributed by atoms with Crippen molar-refractivity contribution in [3.8, 4) is 5.75 Å². The molecule has 0 radical (unpaired) electrons. The summed E-state index contributed by atoms with van der Waals surface area (Å²) in [5.41, 5.74) is 3.46. The summed E-state index contributed by atoms with van der Waals surface area (Å²) in [5, 5.41) is 0. The van der Waals surface area contributed by atoms with Gasteiger partial charge in [0.1, 0.15) is 17.2 Å². The van der Waals surface area contributed by atoms with E-state index >= 15 is 0 Å². The molecule has 1 fully saturated rings. The van der Waals surface area contributed by atoms with Gasteiger partial charge in [0.25, 0.3) is 0 Å². The topological polar surface area (TPSA) is 63.7 Å². The maximum atomic E-state index is 14.6. The van der Waals surface area contributed by atoms with Crippen LogP contribution in [0.5, 0.6) is 5.75 Å². The van der Waals surface area contributed by atoms with E-state index in [2.05, 4.69) is 0 Å². The van der Waals surface area contributed by atoms with Gasteiger partial charge in [0, 0.05) is 28.3 Å². The smallest absolute Gasteiger partial charge is 0.185 e. The number of ketones is 3. The molecule has 0 amide bonds. The van der Waals surface area contributed by atoms with Crippen LogP contribution in [0.25, 0.3) is 6.08 Å². The molecule has 5 nitrogen and oxygen atoms in total. The molecular formula is C35H27NO4. The number of benzene rings is 4. The van der Waals surface area contributed by atoms with Crippen LogP contribution in [0, 0.1) is 12.3 Å². The van der Waals surface area contributed by atoms with Crippen LogP contribution in [0.15, 0.2) is 103 Å². The monoisotopic (exact) mass is 525 g/mol. The van der Waals surface area contributed by atoms with Gasteiger partial charge in [-0.2, -0.15) is 0 Å². The SMILES string of the molecule is COc1ccc(C2C(C(=O)c3ccc(C)cc3)N3c4ccccc4C=CC3C23C(=O)c2ccccc2C3=O)cc1. The van der Waals surface area contributed by atoms with E-state index in [9.17, 15) is 14.4 Å². The van der Waals surface area contributed by atoms with Gasteiger partial charge in [0.2, 0.25) is 0 Å². The van der Waals surface area contributed by atoms with Crippen molar-refractivity contribution in [1.29, 1.82) is 0 Å². The molecule has 4 aromatic rings. The van der Waals surface area contributed by atoms with Crippen LogP contribution in [0.4, 0.5) is 5.69 Å². The number of nitrogens with zero attached hydrogens (tertiary/aromatic N) is 1. The van der Waals surface area contributed by atoms with E-state index in [1.165, 1.54) is 0 Å². The van der Waals surface area contributed by atoms with Gasteiger partial charge in [0.15, 0.2) is 17.3 Å². The molecule has 0 bridgehead atoms. The summed E-state index contributed by atoms with van der Waals surface area (Å²) >= 11 is 0. The van der Waals surface area contributed by atoms with E-state index in [-0.39, 0.29) is 17.3 Å². The zero-order valence-corrected chi connectivity index (χ0v) is 22.2. The van der Waals surface area contributed by atoms with Gasteiger partial charge in [-0.1, -0.05) is 96.6 Å². The lowest BCUT2D eigenvalue weighted by atomic mass is 9.64. The van der Waals surface area contributed by atoms with Gasteiger partial charge in [-0.15, -0.1) is 0 Å². The van der Waals surface area contributed by atoms with Crippen molar-refractivity contribution < 1.29 is 19.1 Å². The molecule has 0 N–H and O–H groups in total. The Kier molecular flexibility index (Phi) is 5.39. The minimum absolute atomic E-state index is 0.121. The van der Waals surface area contributed by atoms with Crippen molar-refractivity contribution in [1.82, 2.24) is 0 Å². The number of carbonyl (C=O) groups excluding carboxylic acids is 3. The highest BCUT2D eigenvalue weighted by atomic mass is 16.5. The van der Waals surface area contributed by atoms with Crippen LogP contribution in [0.1, 0.15) is 53.7 Å². The van der Waals surface area contributed by atoms with E-state index in [0.29, 0.717) is 22.4 Å². The first-order valence-corrected chi connectivity index (χ1v) is 13.5. The van der Waals surface area contributed by atoms with Crippen molar-refractivity contribution in [2.45, 2.75) is 24.9 Å². The summed E-state index contributed by atoms with van der Waals surface area (Å²) in [6.45, 7) is 1.98. The summed E-state index contributed by atoms with van der Waals surface area (Å²) in [4.78, 5) is 46.0. The number of aryl methyl sites for hydroxylation is 1. The van der Waals surface area contributed by atoms with Crippen molar-refractivity contribution in [2.24, 2.45) is 5.41 Å². The summed E-state index contributed by atoms with van der Waals surface area (Å²) < 4.78 is 5.42. The van der Waals surface area contributed by atoms with E-state index in [0.717, 1.165) is 22.4 Å². The zero-order valence-electron chi connectivity index (χ0n) is 22.2. The van der Waals surface area contributed by atoms with Gasteiger partial charge in [0.05, 0.1) is 13.2 Å². The average Bonchev–Trinajstić information content (AvgIpc) is 3.43. The maximum Gasteiger partial charge on any atom is 0.185 e. The molecule has 40 heavy (non-hydrogen) atoms. The third kappa shape index (κ3) is 3.18. The molecule has 1 saturated heterocycles. The van der Waals surface area contributed by atoms with Crippen LogP contribution in [-0.4, -0.2) is 36.5 Å². The van der Waals surface area contributed by atoms with Crippen molar-refractivity contribution in [3.63, 3.8) is 0 Å². The molecule has 2 heterocycles. The van der Waals surface area contributed by atoms with Crippen LogP contribution in [0.3, 0.4) is 0 Å². The number of ether oxygens (including phenoxy) is 1. The Morgan fingerprint density at radius 1 is 0.800 bits per heavy atom. The largest absolute Gasteiger partial charge is 0.497 e. The first-order valence-electron chi connectivity index (χ1n) is 13.5. The van der Waals surface area contributed by atoms with Crippen LogP contribution >= 0.6 is 0 Å². The molecule has 5 heteroatoms. The number of carbonyl (C=O) groups is 3. The molecule has 7 rings (SSSR count). The minimum Gasteiger partial charge on any atom is -0.497 e. The molecule has 1 spiro atoms. The van der Waals surface area contributed by atoms with E-state index < -0.39 is 23.4 Å². The number of methoxy groups -OCH3 is 1. The lowest BCUT2D eigenvalue weighted by Crippen LogP contribution is -2.48. The second kappa shape index (κ2) is 8.88. The normalized spacial score (nSPS) is 21.8. The number of anilines is 1. The van der Waals surface area contributed by atoms with E-state index in [1.807, 2.05) is 96.8 Å². The lowest BCUT2D eigenvalue weighted by molar-refractivity contribution is 0.0666. The number of hydrogen-bond acceptors (Lipinski definition) is 5. The third-order valence-electron chi connectivity index (χ3n) is 8.79. The number of rotatable bonds is 4. The molecule has 3 aliphatic rings. The zero-order chi connectivity index (χ0) is 27.6.